The van der Waals surface area contributed by atoms with Crippen LogP contribution in [-0.4, -0.2) is 27.1 Å². The van der Waals surface area contributed by atoms with Gasteiger partial charge in [-0.05, 0) is 46.9 Å². The summed E-state index contributed by atoms with van der Waals surface area (Å²) in [5, 5.41) is 9.92. The van der Waals surface area contributed by atoms with Gasteiger partial charge in [-0.15, -0.1) is 22.7 Å². The average molecular weight is 450 g/mol. The zero-order chi connectivity index (χ0) is 21.5. The van der Waals surface area contributed by atoms with E-state index >= 15 is 0 Å². The van der Waals surface area contributed by atoms with Gasteiger partial charge in [-0.3, -0.25) is 9.59 Å². The lowest BCUT2D eigenvalue weighted by Gasteiger charge is -2.35. The van der Waals surface area contributed by atoms with Crippen molar-refractivity contribution >= 4 is 39.4 Å². The summed E-state index contributed by atoms with van der Waals surface area (Å²) >= 11 is 3.42. The summed E-state index contributed by atoms with van der Waals surface area (Å²) in [5.41, 5.74) is 1.41. The van der Waals surface area contributed by atoms with Gasteiger partial charge in [0.25, 0.3) is 11.5 Å². The van der Waals surface area contributed by atoms with Crippen molar-refractivity contribution in [3.8, 4) is 0 Å². The van der Waals surface area contributed by atoms with Gasteiger partial charge < -0.3 is 4.90 Å². The predicted molar refractivity (Wildman–Crippen MR) is 126 cm³/mol. The minimum absolute atomic E-state index is 0.117. The molecule has 0 spiro atoms. The second-order valence-electron chi connectivity index (χ2n) is 8.24. The Balaban J connectivity index is 1.66. The normalized spacial score (nSPS) is 16.1. The Morgan fingerprint density at radius 2 is 1.90 bits per heavy atom. The number of thiophene rings is 2. The van der Waals surface area contributed by atoms with E-state index in [2.05, 4.69) is 28.0 Å². The SMILES string of the molecule is CC(C)Cn1nc(C(=O)N2CCc3sccc3C2c2cccs2)c2ccccc2c1=O. The van der Waals surface area contributed by atoms with Crippen molar-refractivity contribution in [2.75, 3.05) is 6.54 Å². The third kappa shape index (κ3) is 3.51. The lowest BCUT2D eigenvalue weighted by Crippen LogP contribution is -2.41. The fraction of sp³-hybridized carbons (Fsp3) is 0.292. The highest BCUT2D eigenvalue weighted by Crippen LogP contribution is 2.40. The lowest BCUT2D eigenvalue weighted by atomic mass is 9.97. The quantitative estimate of drug-likeness (QED) is 0.442. The van der Waals surface area contributed by atoms with Crippen molar-refractivity contribution in [2.24, 2.45) is 5.92 Å². The molecule has 0 radical (unpaired) electrons. The molecule has 0 N–H and O–H groups in total. The molecule has 0 aliphatic carbocycles. The molecule has 1 amide bonds. The molecule has 1 aliphatic rings. The third-order valence-electron chi connectivity index (χ3n) is 5.65. The number of nitrogens with zero attached hydrogens (tertiary/aromatic N) is 3. The molecule has 1 unspecified atom stereocenters. The largest absolute Gasteiger partial charge is 0.325 e. The Hall–Kier alpha value is -2.77. The van der Waals surface area contributed by atoms with Crippen molar-refractivity contribution in [3.63, 3.8) is 0 Å². The van der Waals surface area contributed by atoms with Crippen LogP contribution in [0, 0.1) is 5.92 Å². The number of carbonyl (C=O) groups excluding carboxylic acids is 1. The van der Waals surface area contributed by atoms with Crippen LogP contribution in [0.4, 0.5) is 0 Å². The van der Waals surface area contributed by atoms with Gasteiger partial charge >= 0.3 is 0 Å². The van der Waals surface area contributed by atoms with E-state index in [-0.39, 0.29) is 23.4 Å². The Labute approximate surface area is 188 Å². The number of benzene rings is 1. The number of hydrogen-bond donors (Lipinski definition) is 0. The molecule has 4 heterocycles. The van der Waals surface area contributed by atoms with Crippen molar-refractivity contribution < 1.29 is 4.79 Å². The topological polar surface area (TPSA) is 55.2 Å². The molecule has 0 saturated heterocycles. The number of carbonyl (C=O) groups is 1. The van der Waals surface area contributed by atoms with Crippen molar-refractivity contribution in [1.29, 1.82) is 0 Å². The molecule has 158 valence electrons. The molecule has 1 aliphatic heterocycles. The van der Waals surface area contributed by atoms with Crippen LogP contribution in [0.1, 0.15) is 45.7 Å². The second kappa shape index (κ2) is 8.05. The molecule has 0 bridgehead atoms. The van der Waals surface area contributed by atoms with Gasteiger partial charge in [-0.1, -0.05) is 38.1 Å². The lowest BCUT2D eigenvalue weighted by molar-refractivity contribution is 0.0692. The summed E-state index contributed by atoms with van der Waals surface area (Å²) in [6, 6.07) is 13.5. The van der Waals surface area contributed by atoms with Crippen LogP contribution in [0.25, 0.3) is 10.8 Å². The van der Waals surface area contributed by atoms with Gasteiger partial charge in [0.15, 0.2) is 5.69 Å². The fourth-order valence-corrected chi connectivity index (χ4v) is 6.05. The highest BCUT2D eigenvalue weighted by molar-refractivity contribution is 7.10. The van der Waals surface area contributed by atoms with Gasteiger partial charge in [0.1, 0.15) is 0 Å². The van der Waals surface area contributed by atoms with E-state index < -0.39 is 0 Å². The van der Waals surface area contributed by atoms with Gasteiger partial charge in [0.05, 0.1) is 11.4 Å². The van der Waals surface area contributed by atoms with Crippen molar-refractivity contribution in [1.82, 2.24) is 14.7 Å². The fourth-order valence-electron chi connectivity index (χ4n) is 4.29. The number of amides is 1. The van der Waals surface area contributed by atoms with Crippen LogP contribution in [0.15, 0.2) is 58.0 Å². The first-order chi connectivity index (χ1) is 15.0. The van der Waals surface area contributed by atoms with Crippen LogP contribution in [0.5, 0.6) is 0 Å². The summed E-state index contributed by atoms with van der Waals surface area (Å²) in [5.74, 6) is 0.125. The maximum absolute atomic E-state index is 14.0. The summed E-state index contributed by atoms with van der Waals surface area (Å²) < 4.78 is 1.46. The first kappa shape index (κ1) is 20.2. The molecule has 1 atom stereocenters. The number of rotatable bonds is 4. The van der Waals surface area contributed by atoms with Crippen LogP contribution < -0.4 is 5.56 Å². The molecular formula is C24H23N3O2S2. The van der Waals surface area contributed by atoms with E-state index in [0.717, 1.165) is 11.3 Å². The Morgan fingerprint density at radius 1 is 1.10 bits per heavy atom. The summed E-state index contributed by atoms with van der Waals surface area (Å²) in [6.45, 7) is 5.20. The monoisotopic (exact) mass is 449 g/mol. The van der Waals surface area contributed by atoms with E-state index in [1.165, 1.54) is 15.1 Å². The average Bonchev–Trinajstić information content (AvgIpc) is 3.46. The van der Waals surface area contributed by atoms with Gasteiger partial charge in [0, 0.05) is 28.2 Å². The van der Waals surface area contributed by atoms with E-state index in [4.69, 9.17) is 0 Å². The Morgan fingerprint density at radius 3 is 2.65 bits per heavy atom. The summed E-state index contributed by atoms with van der Waals surface area (Å²) in [6.07, 6.45) is 0.837. The van der Waals surface area contributed by atoms with E-state index in [0.29, 0.717) is 29.6 Å². The zero-order valence-electron chi connectivity index (χ0n) is 17.4. The smallest absolute Gasteiger partial charge is 0.275 e. The molecular weight excluding hydrogens is 426 g/mol. The number of fused-ring (bicyclic) bond motifs is 2. The highest BCUT2D eigenvalue weighted by Gasteiger charge is 2.35. The van der Waals surface area contributed by atoms with Gasteiger partial charge in [-0.25, -0.2) is 4.68 Å². The van der Waals surface area contributed by atoms with E-state index in [9.17, 15) is 9.59 Å². The van der Waals surface area contributed by atoms with E-state index in [1.54, 1.807) is 28.7 Å². The zero-order valence-corrected chi connectivity index (χ0v) is 19.1. The molecule has 7 heteroatoms. The maximum atomic E-state index is 14.0. The van der Waals surface area contributed by atoms with E-state index in [1.807, 2.05) is 43.0 Å². The van der Waals surface area contributed by atoms with Crippen LogP contribution >= 0.6 is 22.7 Å². The molecule has 4 aromatic rings. The Kier molecular flexibility index (Phi) is 5.24. The highest BCUT2D eigenvalue weighted by atomic mass is 32.1. The standard InChI is InChI=1S/C24H23N3O2S2/c1-15(2)14-27-23(28)17-7-4-3-6-16(17)21(25-27)24(29)26-11-9-19-18(10-13-31-19)22(26)20-8-5-12-30-20/h3-8,10,12-13,15,22H,9,11,14H2,1-2H3. The molecule has 5 nitrogen and oxygen atoms in total. The minimum Gasteiger partial charge on any atom is -0.325 e. The van der Waals surface area contributed by atoms with Gasteiger partial charge in [0.2, 0.25) is 0 Å². The van der Waals surface area contributed by atoms with Gasteiger partial charge in [-0.2, -0.15) is 5.10 Å². The molecule has 3 aromatic heterocycles. The molecule has 0 fully saturated rings. The molecule has 0 saturated carbocycles. The minimum atomic E-state index is -0.144. The maximum Gasteiger partial charge on any atom is 0.275 e. The molecule has 1 aromatic carbocycles. The van der Waals surface area contributed by atoms with Crippen LogP contribution in [-0.2, 0) is 13.0 Å². The predicted octanol–water partition coefficient (Wildman–Crippen LogP) is 4.96. The summed E-state index contributed by atoms with van der Waals surface area (Å²) in [7, 11) is 0. The first-order valence-electron chi connectivity index (χ1n) is 10.4. The Bertz CT molecular complexity index is 1300. The molecule has 5 rings (SSSR count). The summed E-state index contributed by atoms with van der Waals surface area (Å²) in [4.78, 5) is 31.3. The first-order valence-corrected chi connectivity index (χ1v) is 12.2. The molecule has 31 heavy (non-hydrogen) atoms. The van der Waals surface area contributed by atoms with Crippen LogP contribution in [0.2, 0.25) is 0 Å². The third-order valence-corrected chi connectivity index (χ3v) is 7.57. The number of hydrogen-bond acceptors (Lipinski definition) is 5. The second-order valence-corrected chi connectivity index (χ2v) is 10.2. The van der Waals surface area contributed by atoms with Crippen molar-refractivity contribution in [2.45, 2.75) is 32.9 Å². The number of aromatic nitrogens is 2. The van der Waals surface area contributed by atoms with Crippen molar-refractivity contribution in [3.05, 3.63) is 84.6 Å². The van der Waals surface area contributed by atoms with Crippen LogP contribution in [0.3, 0.4) is 0 Å².